The van der Waals surface area contributed by atoms with E-state index in [-0.39, 0.29) is 28.6 Å². The van der Waals surface area contributed by atoms with Crippen molar-refractivity contribution in [3.63, 3.8) is 0 Å². The summed E-state index contributed by atoms with van der Waals surface area (Å²) >= 11 is 4.02. The van der Waals surface area contributed by atoms with E-state index in [1.54, 1.807) is 35.1 Å². The largest absolute Gasteiger partial charge is 0.491 e. The van der Waals surface area contributed by atoms with Gasteiger partial charge in [0.15, 0.2) is 0 Å². The van der Waals surface area contributed by atoms with E-state index in [9.17, 15) is 9.59 Å². The van der Waals surface area contributed by atoms with Crippen molar-refractivity contribution >= 4 is 34.3 Å². The minimum Gasteiger partial charge on any atom is -0.491 e. The lowest BCUT2D eigenvalue weighted by Gasteiger charge is -2.10. The maximum atomic E-state index is 11.9. The van der Waals surface area contributed by atoms with E-state index < -0.39 is 0 Å². The molecule has 0 aliphatic heterocycles. The highest BCUT2D eigenvalue weighted by atomic mass is 33.1. The summed E-state index contributed by atoms with van der Waals surface area (Å²) < 4.78 is 16.5. The predicted molar refractivity (Wildman–Crippen MR) is 165 cm³/mol. The number of thiol groups is 1. The summed E-state index contributed by atoms with van der Waals surface area (Å²) in [5, 5.41) is 5.36. The lowest BCUT2D eigenvalue weighted by Crippen LogP contribution is -2.28. The second kappa shape index (κ2) is 24.4. The monoisotopic (exact) mass is 563 g/mol. The highest BCUT2D eigenvalue weighted by Crippen LogP contribution is 2.25. The summed E-state index contributed by atoms with van der Waals surface area (Å²) in [6.45, 7) is 16.8. The molecule has 0 atom stereocenters. The molecule has 1 rings (SSSR count). The van der Waals surface area contributed by atoms with Crippen molar-refractivity contribution in [1.29, 1.82) is 0 Å². The molecule has 0 radical (unpaired) electrons. The summed E-state index contributed by atoms with van der Waals surface area (Å²) in [5.41, 5.74) is 5.88. The molecule has 2 amide bonds. The quantitative estimate of drug-likeness (QED) is 0.119. The van der Waals surface area contributed by atoms with E-state index >= 15 is 0 Å². The van der Waals surface area contributed by atoms with Crippen molar-refractivity contribution in [2.24, 2.45) is 11.7 Å². The van der Waals surface area contributed by atoms with Gasteiger partial charge in [-0.05, 0) is 18.2 Å². The molecule has 10 heteroatoms. The summed E-state index contributed by atoms with van der Waals surface area (Å²) in [4.78, 5) is 23.4. The molecule has 1 aromatic rings. The SMILES string of the molecule is CC.CC(C)(C)SS.CC(C)C#CCNC(=O)COCCOCCOc1cccc(C(=O)NCCN)c1.[HH].[HH].[HH]. The van der Waals surface area contributed by atoms with Crippen LogP contribution in [0.15, 0.2) is 24.3 Å². The molecule has 4 N–H and O–H groups in total. The molecular formula is C27H53N3O5S2. The van der Waals surface area contributed by atoms with Crippen LogP contribution in [-0.4, -0.2) is 69.2 Å². The summed E-state index contributed by atoms with van der Waals surface area (Å²) in [6.07, 6.45) is 0. The Balaban J connectivity index is -0.000000328. The zero-order valence-corrected chi connectivity index (χ0v) is 25.2. The highest BCUT2D eigenvalue weighted by Gasteiger charge is 2.06. The molecule has 0 aliphatic carbocycles. The van der Waals surface area contributed by atoms with Crippen LogP contribution in [0.3, 0.4) is 0 Å². The Morgan fingerprint density at radius 2 is 1.73 bits per heavy atom. The van der Waals surface area contributed by atoms with Crippen LogP contribution in [0, 0.1) is 17.8 Å². The van der Waals surface area contributed by atoms with Gasteiger partial charge in [-0.2, -0.15) is 0 Å². The lowest BCUT2D eigenvalue weighted by molar-refractivity contribution is -0.126. The summed E-state index contributed by atoms with van der Waals surface area (Å²) in [5.74, 6) is 6.31. The Morgan fingerprint density at radius 1 is 1.11 bits per heavy atom. The van der Waals surface area contributed by atoms with Crippen LogP contribution in [0.4, 0.5) is 0 Å². The van der Waals surface area contributed by atoms with Crippen molar-refractivity contribution in [1.82, 2.24) is 10.6 Å². The van der Waals surface area contributed by atoms with Gasteiger partial charge < -0.3 is 30.6 Å². The van der Waals surface area contributed by atoms with E-state index in [0.717, 1.165) is 0 Å². The maximum absolute atomic E-state index is 11.9. The van der Waals surface area contributed by atoms with E-state index in [4.69, 9.17) is 19.9 Å². The number of nitrogens with two attached hydrogens (primary N) is 1. The standard InChI is InChI=1S/C21H31N3O5.C4H10S2.C2H6.3H2/c1-17(2)5-4-9-23-20(25)16-28-12-11-27-13-14-29-19-7-3-6-18(15-19)21(26)24-10-8-22;1-4(2,3)6-5;1-2;;;/h3,6-7,15,17H,8-14,16,22H2,1-2H3,(H,23,25)(H,24,26);5H,1-3H3;1-2H3;3*1H. The smallest absolute Gasteiger partial charge is 0.251 e. The molecular weight excluding hydrogens is 510 g/mol. The lowest BCUT2D eigenvalue weighted by atomic mass is 10.2. The Kier molecular flexibility index (Phi) is 24.6. The number of hydrogen-bond acceptors (Lipinski definition) is 8. The number of nitrogens with one attached hydrogen (secondary N) is 2. The zero-order valence-electron chi connectivity index (χ0n) is 23.5. The van der Waals surface area contributed by atoms with Gasteiger partial charge in [-0.15, -0.1) is 11.7 Å². The van der Waals surface area contributed by atoms with E-state index in [2.05, 4.69) is 54.9 Å². The van der Waals surface area contributed by atoms with Crippen molar-refractivity contribution < 1.29 is 28.1 Å². The number of carbonyl (C=O) groups is 2. The van der Waals surface area contributed by atoms with Gasteiger partial charge in [0.1, 0.15) is 19.0 Å². The topological polar surface area (TPSA) is 112 Å². The Bertz CT molecular complexity index is 806. The van der Waals surface area contributed by atoms with Crippen LogP contribution in [0.5, 0.6) is 5.75 Å². The van der Waals surface area contributed by atoms with Gasteiger partial charge in [-0.1, -0.05) is 77.2 Å². The molecule has 0 saturated carbocycles. The van der Waals surface area contributed by atoms with E-state index in [0.29, 0.717) is 62.1 Å². The molecule has 0 aliphatic rings. The fourth-order valence-corrected chi connectivity index (χ4v) is 2.07. The molecule has 0 spiro atoms. The van der Waals surface area contributed by atoms with Crippen molar-refractivity contribution in [3.05, 3.63) is 29.8 Å². The van der Waals surface area contributed by atoms with E-state index in [1.807, 2.05) is 27.7 Å². The second-order valence-corrected chi connectivity index (χ2v) is 10.5. The molecule has 0 saturated heterocycles. The van der Waals surface area contributed by atoms with Crippen LogP contribution in [0.2, 0.25) is 0 Å². The number of carbonyl (C=O) groups excluding carboxylic acids is 2. The van der Waals surface area contributed by atoms with Gasteiger partial charge in [-0.25, -0.2) is 0 Å². The third kappa shape index (κ3) is 25.5. The Morgan fingerprint density at radius 3 is 2.32 bits per heavy atom. The van der Waals surface area contributed by atoms with Gasteiger partial charge in [0.05, 0.1) is 26.4 Å². The minimum absolute atomic E-state index is 0. The Labute approximate surface area is 237 Å². The first-order chi connectivity index (χ1) is 17.6. The summed E-state index contributed by atoms with van der Waals surface area (Å²) in [6, 6.07) is 6.90. The fraction of sp³-hybridized carbons (Fsp3) is 0.630. The first kappa shape index (κ1) is 37.3. The first-order valence-electron chi connectivity index (χ1n) is 12.5. The second-order valence-electron chi connectivity index (χ2n) is 8.54. The molecule has 218 valence electrons. The third-order valence-corrected chi connectivity index (χ3v) is 5.86. The van der Waals surface area contributed by atoms with Crippen molar-refractivity contribution in [2.75, 3.05) is 52.7 Å². The van der Waals surface area contributed by atoms with Crippen molar-refractivity contribution in [2.45, 2.75) is 53.2 Å². The van der Waals surface area contributed by atoms with E-state index in [1.165, 1.54) is 0 Å². The van der Waals surface area contributed by atoms with Crippen molar-refractivity contribution in [3.8, 4) is 17.6 Å². The number of ether oxygens (including phenoxy) is 3. The molecule has 0 bridgehead atoms. The molecule has 1 aromatic carbocycles. The first-order valence-corrected chi connectivity index (χ1v) is 14.4. The summed E-state index contributed by atoms with van der Waals surface area (Å²) in [7, 11) is 1.58. The van der Waals surface area contributed by atoms with Crippen LogP contribution in [-0.2, 0) is 14.3 Å². The predicted octanol–water partition coefficient (Wildman–Crippen LogP) is 4.69. The number of amides is 2. The Hall–Kier alpha value is -1.90. The molecule has 0 fully saturated rings. The molecule has 0 aromatic heterocycles. The van der Waals surface area contributed by atoms with Gasteiger partial charge in [0, 0.05) is 33.6 Å². The number of benzene rings is 1. The number of rotatable bonds is 13. The van der Waals surface area contributed by atoms with Gasteiger partial charge >= 0.3 is 0 Å². The van der Waals surface area contributed by atoms with Crippen LogP contribution in [0.1, 0.15) is 63.1 Å². The average molecular weight is 564 g/mol. The molecule has 8 nitrogen and oxygen atoms in total. The fourth-order valence-electron chi connectivity index (χ4n) is 2.07. The molecule has 0 unspecified atom stereocenters. The van der Waals surface area contributed by atoms with Crippen LogP contribution in [0.25, 0.3) is 0 Å². The zero-order chi connectivity index (χ0) is 28.5. The maximum Gasteiger partial charge on any atom is 0.251 e. The molecule has 0 heterocycles. The van der Waals surface area contributed by atoms with Gasteiger partial charge in [0.2, 0.25) is 5.91 Å². The average Bonchev–Trinajstić information content (AvgIpc) is 2.88. The van der Waals surface area contributed by atoms with Gasteiger partial charge in [-0.3, -0.25) is 9.59 Å². The molecule has 37 heavy (non-hydrogen) atoms. The van der Waals surface area contributed by atoms with Gasteiger partial charge in [0.25, 0.3) is 5.91 Å². The minimum atomic E-state index is -0.207. The van der Waals surface area contributed by atoms with Crippen LogP contribution >= 0.6 is 22.5 Å². The van der Waals surface area contributed by atoms with Crippen LogP contribution < -0.4 is 21.1 Å². The normalized spacial score (nSPS) is 10.1. The third-order valence-electron chi connectivity index (χ3n) is 3.67. The number of hydrogen-bond donors (Lipinski definition) is 4. The highest BCUT2D eigenvalue weighted by molar-refractivity contribution is 8.69.